The lowest BCUT2D eigenvalue weighted by Crippen LogP contribution is -2.55. The molecule has 0 radical (unpaired) electrons. The van der Waals surface area contributed by atoms with E-state index in [0.717, 1.165) is 32.8 Å². The zero-order chi connectivity index (χ0) is 10.8. The lowest BCUT2D eigenvalue weighted by molar-refractivity contribution is -0.160. The predicted molar refractivity (Wildman–Crippen MR) is 61.6 cm³/mol. The Labute approximate surface area is 97.1 Å². The largest absolute Gasteiger partial charge is 0.375 e. The van der Waals surface area contributed by atoms with E-state index < -0.39 is 0 Å². The van der Waals surface area contributed by atoms with Gasteiger partial charge in [0.15, 0.2) is 0 Å². The Hall–Kier alpha value is -0.160. The molecule has 5 aliphatic rings. The Morgan fingerprint density at radius 3 is 1.81 bits per heavy atom. The lowest BCUT2D eigenvalue weighted by Gasteiger charge is -2.44. The summed E-state index contributed by atoms with van der Waals surface area (Å²) < 4.78 is 10.8. The van der Waals surface area contributed by atoms with E-state index in [1.807, 2.05) is 0 Å². The maximum absolute atomic E-state index is 5.52. The summed E-state index contributed by atoms with van der Waals surface area (Å²) in [5.41, 5.74) is 0.339. The van der Waals surface area contributed by atoms with Gasteiger partial charge >= 0.3 is 0 Å². The van der Waals surface area contributed by atoms with E-state index in [4.69, 9.17) is 9.47 Å². The zero-order valence-electron chi connectivity index (χ0n) is 9.84. The van der Waals surface area contributed by atoms with Gasteiger partial charge in [0.2, 0.25) is 0 Å². The molecule has 5 saturated heterocycles. The molecular formula is C12H22N2O2. The fourth-order valence-electron chi connectivity index (χ4n) is 2.89. The van der Waals surface area contributed by atoms with E-state index in [-0.39, 0.29) is 0 Å². The number of morpholine rings is 1. The number of hydrogen-bond acceptors (Lipinski definition) is 4. The lowest BCUT2D eigenvalue weighted by atomic mass is 9.85. The molecule has 2 atom stereocenters. The van der Waals surface area contributed by atoms with Crippen LogP contribution in [-0.2, 0) is 9.47 Å². The van der Waals surface area contributed by atoms with Gasteiger partial charge in [0.1, 0.15) is 0 Å². The zero-order valence-corrected chi connectivity index (χ0v) is 9.84. The minimum atomic E-state index is 0.339. The van der Waals surface area contributed by atoms with Crippen molar-refractivity contribution in [2.75, 3.05) is 32.8 Å². The van der Waals surface area contributed by atoms with Gasteiger partial charge in [0, 0.05) is 19.5 Å². The molecule has 5 fully saturated rings. The third-order valence-electron chi connectivity index (χ3n) is 4.14. The Kier molecular flexibility index (Phi) is 3.16. The van der Waals surface area contributed by atoms with Crippen LogP contribution in [0, 0.1) is 0 Å². The average molecular weight is 226 g/mol. The number of hydrogen-bond donors (Lipinski definition) is 2. The summed E-state index contributed by atoms with van der Waals surface area (Å²) in [6.07, 6.45) is 6.19. The van der Waals surface area contributed by atoms with Crippen LogP contribution in [0.4, 0.5) is 0 Å². The number of nitrogens with one attached hydrogen (secondary N) is 2. The fraction of sp³-hybridized carbons (Fsp3) is 1.00. The molecule has 16 heavy (non-hydrogen) atoms. The summed E-state index contributed by atoms with van der Waals surface area (Å²) in [6.45, 7) is 5.47. The van der Waals surface area contributed by atoms with Crippen molar-refractivity contribution < 1.29 is 9.47 Å². The third kappa shape index (κ3) is 2.25. The van der Waals surface area contributed by atoms with Crippen molar-refractivity contribution >= 4 is 0 Å². The smallest absolute Gasteiger partial charge is 0.0729 e. The van der Waals surface area contributed by atoms with E-state index in [0.29, 0.717) is 17.8 Å². The molecule has 2 N–H and O–H groups in total. The maximum atomic E-state index is 5.52. The highest BCUT2D eigenvalue weighted by molar-refractivity contribution is 4.91. The van der Waals surface area contributed by atoms with Gasteiger partial charge in [-0.1, -0.05) is 0 Å². The third-order valence-corrected chi connectivity index (χ3v) is 4.14. The molecule has 5 aliphatic heterocycles. The van der Waals surface area contributed by atoms with Gasteiger partial charge in [-0.15, -0.1) is 0 Å². The molecule has 0 saturated carbocycles. The number of piperidine rings is 2. The minimum Gasteiger partial charge on any atom is -0.375 e. The molecular weight excluding hydrogens is 204 g/mol. The van der Waals surface area contributed by atoms with Crippen LogP contribution in [0.2, 0.25) is 0 Å². The second-order valence-corrected chi connectivity index (χ2v) is 5.31. The molecule has 4 heteroatoms. The second-order valence-electron chi connectivity index (χ2n) is 5.31. The highest BCUT2D eigenvalue weighted by Crippen LogP contribution is 2.34. The van der Waals surface area contributed by atoms with Crippen LogP contribution in [0.5, 0.6) is 0 Å². The Morgan fingerprint density at radius 2 is 1.56 bits per heavy atom. The van der Waals surface area contributed by atoms with Gasteiger partial charge < -0.3 is 20.1 Å². The fourth-order valence-corrected chi connectivity index (χ4v) is 2.89. The standard InChI is InChI=1S/C7H13NO.C5H9NO/c1-4-8-5-2-7(1)3-6-9-7;1-4-2-6-3-5(1)7-4/h8H,1-6H2;4-6H,1-3H2. The number of ether oxygens (including phenoxy) is 2. The number of rotatable bonds is 0. The van der Waals surface area contributed by atoms with E-state index in [9.17, 15) is 0 Å². The molecule has 2 bridgehead atoms. The van der Waals surface area contributed by atoms with Gasteiger partial charge in [-0.05, 0) is 32.4 Å². The first-order valence-electron chi connectivity index (χ1n) is 6.57. The Bertz CT molecular complexity index is 216. The van der Waals surface area contributed by atoms with Gasteiger partial charge in [0.05, 0.1) is 24.4 Å². The molecule has 5 rings (SSSR count). The van der Waals surface area contributed by atoms with Crippen LogP contribution in [0.3, 0.4) is 0 Å². The summed E-state index contributed by atoms with van der Waals surface area (Å²) >= 11 is 0. The van der Waals surface area contributed by atoms with Crippen molar-refractivity contribution in [3.8, 4) is 0 Å². The van der Waals surface area contributed by atoms with E-state index in [1.165, 1.54) is 25.7 Å². The molecule has 1 spiro atoms. The Morgan fingerprint density at radius 1 is 0.938 bits per heavy atom. The van der Waals surface area contributed by atoms with Gasteiger partial charge in [-0.25, -0.2) is 0 Å². The van der Waals surface area contributed by atoms with Gasteiger partial charge in [-0.3, -0.25) is 0 Å². The van der Waals surface area contributed by atoms with E-state index in [2.05, 4.69) is 10.6 Å². The monoisotopic (exact) mass is 226 g/mol. The first-order chi connectivity index (χ1) is 7.86. The minimum absolute atomic E-state index is 0.339. The van der Waals surface area contributed by atoms with Crippen molar-refractivity contribution in [3.63, 3.8) is 0 Å². The van der Waals surface area contributed by atoms with Crippen LogP contribution >= 0.6 is 0 Å². The maximum Gasteiger partial charge on any atom is 0.0729 e. The molecule has 0 aromatic heterocycles. The van der Waals surface area contributed by atoms with Crippen molar-refractivity contribution in [1.82, 2.24) is 10.6 Å². The SMILES string of the molecule is C1CC2(CCN1)CCO2.C1NCC2CC1O2. The van der Waals surface area contributed by atoms with Crippen LogP contribution < -0.4 is 10.6 Å². The molecule has 0 aromatic carbocycles. The average Bonchev–Trinajstić information content (AvgIpc) is 2.29. The summed E-state index contributed by atoms with van der Waals surface area (Å²) in [7, 11) is 0. The quantitative estimate of drug-likeness (QED) is 0.622. The second kappa shape index (κ2) is 4.61. The van der Waals surface area contributed by atoms with Crippen LogP contribution in [0.25, 0.3) is 0 Å². The van der Waals surface area contributed by atoms with Gasteiger partial charge in [-0.2, -0.15) is 0 Å². The highest BCUT2D eigenvalue weighted by atomic mass is 16.5. The normalized spacial score (nSPS) is 39.0. The molecule has 4 nitrogen and oxygen atoms in total. The predicted octanol–water partition coefficient (Wildman–Crippen LogP) is 0.276. The molecule has 0 amide bonds. The van der Waals surface area contributed by atoms with Crippen molar-refractivity contribution in [2.24, 2.45) is 0 Å². The molecule has 5 heterocycles. The summed E-state index contributed by atoms with van der Waals surface area (Å²) in [5.74, 6) is 0. The molecule has 2 unspecified atom stereocenters. The molecule has 0 aromatic rings. The van der Waals surface area contributed by atoms with Crippen LogP contribution in [0.15, 0.2) is 0 Å². The highest BCUT2D eigenvalue weighted by Gasteiger charge is 2.38. The first-order valence-corrected chi connectivity index (χ1v) is 6.57. The summed E-state index contributed by atoms with van der Waals surface area (Å²) in [5, 5.41) is 6.59. The van der Waals surface area contributed by atoms with Crippen LogP contribution in [-0.4, -0.2) is 50.6 Å². The first kappa shape index (κ1) is 11.0. The molecule has 92 valence electrons. The summed E-state index contributed by atoms with van der Waals surface area (Å²) in [6, 6.07) is 0. The van der Waals surface area contributed by atoms with Crippen LogP contribution in [0.1, 0.15) is 25.7 Å². The van der Waals surface area contributed by atoms with Crippen molar-refractivity contribution in [1.29, 1.82) is 0 Å². The van der Waals surface area contributed by atoms with Gasteiger partial charge in [0.25, 0.3) is 0 Å². The summed E-state index contributed by atoms with van der Waals surface area (Å²) in [4.78, 5) is 0. The van der Waals surface area contributed by atoms with Crippen molar-refractivity contribution in [3.05, 3.63) is 0 Å². The Balaban J connectivity index is 0.000000104. The van der Waals surface area contributed by atoms with Crippen molar-refractivity contribution in [2.45, 2.75) is 43.5 Å². The topological polar surface area (TPSA) is 42.5 Å². The van der Waals surface area contributed by atoms with E-state index in [1.54, 1.807) is 0 Å². The van der Waals surface area contributed by atoms with E-state index >= 15 is 0 Å². The number of fused-ring (bicyclic) bond motifs is 2. The molecule has 0 aliphatic carbocycles.